The number of nitrogens with zero attached hydrogens (tertiary/aromatic N) is 3. The van der Waals surface area contributed by atoms with Crippen LogP contribution in [0.15, 0.2) is 71.5 Å². The van der Waals surface area contributed by atoms with Gasteiger partial charge in [-0.25, -0.2) is 9.18 Å². The number of hydrogen-bond donors (Lipinski definition) is 2. The lowest BCUT2D eigenvalue weighted by atomic mass is 10.1. The molecule has 1 aliphatic rings. The third-order valence-corrected chi connectivity index (χ3v) is 6.16. The maximum absolute atomic E-state index is 13.8. The molecular weight excluding hydrogens is 572 g/mol. The van der Waals surface area contributed by atoms with Crippen LogP contribution >= 0.6 is 15.9 Å². The fourth-order valence-electron chi connectivity index (χ4n) is 3.78. The molecule has 2 heterocycles. The number of halogens is 5. The molecule has 3 aromatic rings. The zero-order chi connectivity index (χ0) is 27.7. The standard InChI is InChI=1S/C24H24BrFN4O.C2HF3O2/c25-20-15-19(24(31)28-10-5-18-3-1-2-4-23(18)26)16-22(17-20)30-13-11-29(12-14-30)21-6-8-27-9-7-21;3-2(4,5)1(6)7/h1-4,6-9,15-17H,5,10-14H2,(H,28,31);(H,6,7). The van der Waals surface area contributed by atoms with Crippen molar-refractivity contribution in [1.29, 1.82) is 0 Å². The average Bonchev–Trinajstić information content (AvgIpc) is 2.90. The Bertz CT molecular complexity index is 1240. The van der Waals surface area contributed by atoms with Crippen molar-refractivity contribution < 1.29 is 32.3 Å². The van der Waals surface area contributed by atoms with E-state index in [1.54, 1.807) is 18.2 Å². The first kappa shape index (κ1) is 28.9. The number of carbonyl (C=O) groups is 2. The lowest BCUT2D eigenvalue weighted by molar-refractivity contribution is -0.192. The van der Waals surface area contributed by atoms with E-state index in [0.29, 0.717) is 24.1 Å². The molecule has 202 valence electrons. The smallest absolute Gasteiger partial charge is 0.475 e. The molecular formula is C26H25BrF4N4O3. The molecule has 0 aliphatic carbocycles. The van der Waals surface area contributed by atoms with Gasteiger partial charge in [0, 0.05) is 66.5 Å². The Morgan fingerprint density at radius 3 is 2.11 bits per heavy atom. The van der Waals surface area contributed by atoms with E-state index in [-0.39, 0.29) is 11.7 Å². The highest BCUT2D eigenvalue weighted by Crippen LogP contribution is 2.25. The van der Waals surface area contributed by atoms with E-state index >= 15 is 0 Å². The number of benzene rings is 2. The highest BCUT2D eigenvalue weighted by atomic mass is 79.9. The van der Waals surface area contributed by atoms with Crippen molar-refractivity contribution >= 4 is 39.2 Å². The van der Waals surface area contributed by atoms with Crippen LogP contribution in [-0.2, 0) is 11.2 Å². The van der Waals surface area contributed by atoms with Crippen molar-refractivity contribution in [2.45, 2.75) is 12.6 Å². The Morgan fingerprint density at radius 1 is 0.947 bits per heavy atom. The van der Waals surface area contributed by atoms with Gasteiger partial charge in [-0.1, -0.05) is 34.1 Å². The highest BCUT2D eigenvalue weighted by Gasteiger charge is 2.38. The number of pyridine rings is 1. The van der Waals surface area contributed by atoms with Crippen molar-refractivity contribution in [3.63, 3.8) is 0 Å². The van der Waals surface area contributed by atoms with Crippen molar-refractivity contribution in [1.82, 2.24) is 10.3 Å². The Balaban J connectivity index is 0.000000505. The molecule has 0 radical (unpaired) electrons. The van der Waals surface area contributed by atoms with Gasteiger partial charge >= 0.3 is 12.1 Å². The van der Waals surface area contributed by atoms with Gasteiger partial charge in [0.2, 0.25) is 0 Å². The molecule has 1 aromatic heterocycles. The Morgan fingerprint density at radius 2 is 1.53 bits per heavy atom. The third kappa shape index (κ3) is 8.44. The fourth-order valence-corrected chi connectivity index (χ4v) is 4.26. The van der Waals surface area contributed by atoms with Gasteiger partial charge in [0.05, 0.1) is 0 Å². The van der Waals surface area contributed by atoms with Crippen molar-refractivity contribution in [2.24, 2.45) is 0 Å². The molecule has 0 atom stereocenters. The Labute approximate surface area is 225 Å². The Hall–Kier alpha value is -3.67. The first-order valence-corrected chi connectivity index (χ1v) is 12.4. The van der Waals surface area contributed by atoms with Crippen LogP contribution in [0.5, 0.6) is 0 Å². The number of hydrogen-bond acceptors (Lipinski definition) is 5. The predicted octanol–water partition coefficient (Wildman–Crippen LogP) is 4.92. The largest absolute Gasteiger partial charge is 0.490 e. The van der Waals surface area contributed by atoms with Gasteiger partial charge in [-0.3, -0.25) is 9.78 Å². The molecule has 12 heteroatoms. The maximum atomic E-state index is 13.8. The minimum absolute atomic E-state index is 0.158. The van der Waals surface area contributed by atoms with Crippen LogP contribution in [0.1, 0.15) is 15.9 Å². The average molecular weight is 597 g/mol. The second-order valence-corrected chi connectivity index (χ2v) is 9.19. The summed E-state index contributed by atoms with van der Waals surface area (Å²) in [5.74, 6) is -3.16. The molecule has 1 saturated heterocycles. The van der Waals surface area contributed by atoms with Crippen molar-refractivity contribution in [3.8, 4) is 0 Å². The van der Waals surface area contributed by atoms with Crippen LogP contribution in [0.3, 0.4) is 0 Å². The van der Waals surface area contributed by atoms with Crippen LogP contribution in [-0.4, -0.2) is 60.9 Å². The van der Waals surface area contributed by atoms with Crippen LogP contribution < -0.4 is 15.1 Å². The SMILES string of the molecule is O=C(NCCc1ccccc1F)c1cc(Br)cc(N2CCN(c3ccncc3)CC2)c1.O=C(O)C(F)(F)F. The number of rotatable bonds is 6. The van der Waals surface area contributed by atoms with Gasteiger partial charge in [-0.2, -0.15) is 13.2 Å². The molecule has 1 aliphatic heterocycles. The Kier molecular flexibility index (Phi) is 10.1. The number of aliphatic carboxylic acids is 1. The zero-order valence-corrected chi connectivity index (χ0v) is 21.7. The van der Waals surface area contributed by atoms with Crippen LogP contribution in [0.2, 0.25) is 0 Å². The summed E-state index contributed by atoms with van der Waals surface area (Å²) in [5, 5.41) is 10.0. The summed E-state index contributed by atoms with van der Waals surface area (Å²) >= 11 is 3.54. The molecule has 0 bridgehead atoms. The third-order valence-electron chi connectivity index (χ3n) is 5.70. The molecule has 2 N–H and O–H groups in total. The maximum Gasteiger partial charge on any atom is 0.490 e. The van der Waals surface area contributed by atoms with Crippen LogP contribution in [0, 0.1) is 5.82 Å². The molecule has 4 rings (SSSR count). The predicted molar refractivity (Wildman–Crippen MR) is 139 cm³/mol. The summed E-state index contributed by atoms with van der Waals surface area (Å²) in [5.41, 5.74) is 3.39. The fraction of sp³-hybridized carbons (Fsp3) is 0.269. The summed E-state index contributed by atoms with van der Waals surface area (Å²) in [4.78, 5) is 30.3. The second-order valence-electron chi connectivity index (χ2n) is 8.28. The molecule has 1 fully saturated rings. The summed E-state index contributed by atoms with van der Waals surface area (Å²) in [6.45, 7) is 3.92. The monoisotopic (exact) mass is 596 g/mol. The van der Waals surface area contributed by atoms with Crippen molar-refractivity contribution in [3.05, 3.63) is 88.4 Å². The summed E-state index contributed by atoms with van der Waals surface area (Å²) in [6.07, 6.45) is -1.00. The minimum atomic E-state index is -5.08. The van der Waals surface area contributed by atoms with E-state index < -0.39 is 12.1 Å². The summed E-state index contributed by atoms with van der Waals surface area (Å²) < 4.78 is 46.4. The van der Waals surface area contributed by atoms with Gasteiger partial charge in [0.1, 0.15) is 5.82 Å². The number of carboxylic acids is 1. The molecule has 0 spiro atoms. The van der Waals surface area contributed by atoms with E-state index in [4.69, 9.17) is 9.90 Å². The van der Waals surface area contributed by atoms with Gasteiger partial charge in [0.15, 0.2) is 0 Å². The normalized spacial score (nSPS) is 13.4. The van der Waals surface area contributed by atoms with Gasteiger partial charge < -0.3 is 20.2 Å². The van der Waals surface area contributed by atoms with E-state index in [1.165, 1.54) is 11.8 Å². The minimum Gasteiger partial charge on any atom is -0.475 e. The number of nitrogens with one attached hydrogen (secondary N) is 1. The second kappa shape index (κ2) is 13.2. The van der Waals surface area contributed by atoms with Gasteiger partial charge in [-0.15, -0.1) is 0 Å². The summed E-state index contributed by atoms with van der Waals surface area (Å²) in [6, 6.07) is 16.5. The first-order valence-electron chi connectivity index (χ1n) is 11.6. The number of anilines is 2. The molecule has 2 aromatic carbocycles. The van der Waals surface area contributed by atoms with Crippen LogP contribution in [0.4, 0.5) is 28.9 Å². The van der Waals surface area contributed by atoms with Crippen molar-refractivity contribution in [2.75, 3.05) is 42.5 Å². The number of piperazine rings is 1. The zero-order valence-electron chi connectivity index (χ0n) is 20.1. The molecule has 38 heavy (non-hydrogen) atoms. The first-order chi connectivity index (χ1) is 18.0. The van der Waals surface area contributed by atoms with Gasteiger partial charge in [-0.05, 0) is 48.4 Å². The molecule has 0 saturated carbocycles. The molecule has 1 amide bonds. The highest BCUT2D eigenvalue weighted by molar-refractivity contribution is 9.10. The number of amides is 1. The number of aromatic nitrogens is 1. The number of alkyl halides is 3. The number of carboxylic acid groups (broad SMARTS) is 1. The van der Waals surface area contributed by atoms with Crippen LogP contribution in [0.25, 0.3) is 0 Å². The molecule has 0 unspecified atom stereocenters. The van der Waals surface area contributed by atoms with E-state index in [2.05, 4.69) is 36.0 Å². The van der Waals surface area contributed by atoms with Gasteiger partial charge in [0.25, 0.3) is 5.91 Å². The number of carbonyl (C=O) groups excluding carboxylic acids is 1. The lowest BCUT2D eigenvalue weighted by Crippen LogP contribution is -2.46. The van der Waals surface area contributed by atoms with E-state index in [9.17, 15) is 22.4 Å². The summed E-state index contributed by atoms with van der Waals surface area (Å²) in [7, 11) is 0. The lowest BCUT2D eigenvalue weighted by Gasteiger charge is -2.37. The molecule has 7 nitrogen and oxygen atoms in total. The van der Waals surface area contributed by atoms with E-state index in [1.807, 2.05) is 42.7 Å². The topological polar surface area (TPSA) is 85.8 Å². The van der Waals surface area contributed by atoms with E-state index in [0.717, 1.165) is 36.3 Å². The quantitative estimate of drug-likeness (QED) is 0.393.